The van der Waals surface area contributed by atoms with Gasteiger partial charge in [-0.25, -0.2) is 0 Å². The van der Waals surface area contributed by atoms with Crippen molar-refractivity contribution in [3.8, 4) is 11.5 Å². The van der Waals surface area contributed by atoms with Crippen LogP contribution in [0.2, 0.25) is 0 Å². The van der Waals surface area contributed by atoms with Crippen molar-refractivity contribution in [2.24, 2.45) is 0 Å². The molecule has 2 aromatic rings. The number of benzene rings is 2. The first-order chi connectivity index (χ1) is 12.2. The number of carbonyl (C=O) groups excluding carboxylic acids is 1. The quantitative estimate of drug-likeness (QED) is 0.862. The molecule has 0 radical (unpaired) electrons. The van der Waals surface area contributed by atoms with Crippen LogP contribution in [0, 0.1) is 0 Å². The van der Waals surface area contributed by atoms with Crippen LogP contribution in [-0.2, 0) is 11.2 Å². The molecule has 1 heterocycles. The van der Waals surface area contributed by atoms with Crippen LogP contribution in [0.15, 0.2) is 48.5 Å². The molecule has 2 aromatic carbocycles. The number of phenols is 1. The Morgan fingerprint density at radius 1 is 1.16 bits per heavy atom. The monoisotopic (exact) mass is 339 g/mol. The molecule has 0 spiro atoms. The summed E-state index contributed by atoms with van der Waals surface area (Å²) in [5.74, 6) is 1.32. The molecule has 4 nitrogen and oxygen atoms in total. The summed E-state index contributed by atoms with van der Waals surface area (Å²) >= 11 is 0. The largest absolute Gasteiger partial charge is 0.508 e. The number of aryl methyl sites for hydroxylation is 1. The van der Waals surface area contributed by atoms with Crippen LogP contribution in [0.5, 0.6) is 11.5 Å². The van der Waals surface area contributed by atoms with Gasteiger partial charge in [-0.1, -0.05) is 24.3 Å². The molecule has 132 valence electrons. The summed E-state index contributed by atoms with van der Waals surface area (Å²) < 4.78 is 5.45. The molecule has 1 saturated heterocycles. The first kappa shape index (κ1) is 17.3. The Hall–Kier alpha value is -2.49. The van der Waals surface area contributed by atoms with E-state index in [1.807, 2.05) is 48.2 Å². The van der Waals surface area contributed by atoms with Gasteiger partial charge in [-0.3, -0.25) is 4.79 Å². The molecule has 1 N–H and O–H groups in total. The van der Waals surface area contributed by atoms with Crippen LogP contribution in [0.4, 0.5) is 0 Å². The fraction of sp³-hybridized carbons (Fsp3) is 0.381. The van der Waals surface area contributed by atoms with Crippen molar-refractivity contribution in [2.45, 2.75) is 38.6 Å². The van der Waals surface area contributed by atoms with Crippen LogP contribution in [0.1, 0.15) is 43.4 Å². The van der Waals surface area contributed by atoms with Gasteiger partial charge >= 0.3 is 0 Å². The number of nitrogens with zero attached hydrogens (tertiary/aromatic N) is 1. The van der Waals surface area contributed by atoms with Crippen molar-refractivity contribution in [1.82, 2.24) is 4.90 Å². The van der Waals surface area contributed by atoms with E-state index in [1.54, 1.807) is 12.1 Å². The van der Waals surface area contributed by atoms with E-state index in [0.717, 1.165) is 42.7 Å². The third-order valence-electron chi connectivity index (χ3n) is 4.71. The Bertz CT molecular complexity index is 694. The zero-order chi connectivity index (χ0) is 17.6. The van der Waals surface area contributed by atoms with Gasteiger partial charge < -0.3 is 14.7 Å². The van der Waals surface area contributed by atoms with Crippen molar-refractivity contribution in [1.29, 1.82) is 0 Å². The van der Waals surface area contributed by atoms with Crippen molar-refractivity contribution >= 4 is 5.91 Å². The van der Waals surface area contributed by atoms with Gasteiger partial charge in [0.05, 0.1) is 12.6 Å². The second-order valence-electron chi connectivity index (χ2n) is 6.41. The van der Waals surface area contributed by atoms with Crippen LogP contribution >= 0.6 is 0 Å². The first-order valence-electron chi connectivity index (χ1n) is 8.97. The number of hydrogen-bond donors (Lipinski definition) is 1. The number of carbonyl (C=O) groups is 1. The number of phenolic OH excluding ortho intramolecular Hbond substituents is 1. The van der Waals surface area contributed by atoms with Crippen LogP contribution < -0.4 is 4.74 Å². The second-order valence-corrected chi connectivity index (χ2v) is 6.41. The molecule has 3 rings (SSSR count). The Morgan fingerprint density at radius 3 is 2.56 bits per heavy atom. The van der Waals surface area contributed by atoms with Gasteiger partial charge in [0, 0.05) is 13.0 Å². The topological polar surface area (TPSA) is 49.8 Å². The average Bonchev–Trinajstić information content (AvgIpc) is 3.11. The lowest BCUT2D eigenvalue weighted by atomic mass is 10.0. The number of ether oxygens (including phenoxy) is 1. The summed E-state index contributed by atoms with van der Waals surface area (Å²) in [4.78, 5) is 14.7. The number of hydrogen-bond acceptors (Lipinski definition) is 3. The summed E-state index contributed by atoms with van der Waals surface area (Å²) in [6.07, 6.45) is 3.27. The molecule has 1 atom stereocenters. The predicted octanol–water partition coefficient (Wildman–Crippen LogP) is 4.09. The fourth-order valence-corrected chi connectivity index (χ4v) is 3.42. The molecule has 0 bridgehead atoms. The van der Waals surface area contributed by atoms with Crippen molar-refractivity contribution in [2.75, 3.05) is 13.2 Å². The van der Waals surface area contributed by atoms with E-state index in [4.69, 9.17) is 4.74 Å². The molecular formula is C21H25NO3. The Morgan fingerprint density at radius 2 is 1.88 bits per heavy atom. The molecule has 0 aliphatic carbocycles. The van der Waals surface area contributed by atoms with Crippen LogP contribution in [-0.4, -0.2) is 29.1 Å². The highest BCUT2D eigenvalue weighted by Crippen LogP contribution is 2.33. The standard InChI is InChI=1S/C21H25NO3/c1-2-25-19-12-5-16(6-13-19)7-14-21(24)22-15-3-4-20(22)17-8-10-18(23)11-9-17/h5-6,8-13,20,23H,2-4,7,14-15H2,1H3/t20-/m1/s1. The Balaban J connectivity index is 1.59. The lowest BCUT2D eigenvalue weighted by Crippen LogP contribution is -2.30. The number of amides is 1. The molecule has 25 heavy (non-hydrogen) atoms. The van der Waals surface area contributed by atoms with E-state index >= 15 is 0 Å². The van der Waals surface area contributed by atoms with Gasteiger partial charge in [0.1, 0.15) is 11.5 Å². The zero-order valence-electron chi connectivity index (χ0n) is 14.6. The molecule has 0 unspecified atom stereocenters. The molecule has 0 aromatic heterocycles. The van der Waals surface area contributed by atoms with Crippen molar-refractivity contribution in [3.63, 3.8) is 0 Å². The minimum absolute atomic E-state index is 0.133. The van der Waals surface area contributed by atoms with Gasteiger partial charge in [-0.15, -0.1) is 0 Å². The summed E-state index contributed by atoms with van der Waals surface area (Å²) in [5, 5.41) is 9.45. The molecule has 0 saturated carbocycles. The minimum Gasteiger partial charge on any atom is -0.508 e. The molecule has 1 fully saturated rings. The third-order valence-corrected chi connectivity index (χ3v) is 4.71. The van der Waals surface area contributed by atoms with Gasteiger partial charge in [0.2, 0.25) is 5.91 Å². The molecular weight excluding hydrogens is 314 g/mol. The zero-order valence-corrected chi connectivity index (χ0v) is 14.6. The van der Waals surface area contributed by atoms with E-state index in [9.17, 15) is 9.90 Å². The molecule has 1 aliphatic heterocycles. The highest BCUT2D eigenvalue weighted by molar-refractivity contribution is 5.77. The van der Waals surface area contributed by atoms with Crippen molar-refractivity contribution in [3.05, 3.63) is 59.7 Å². The Labute approximate surface area is 149 Å². The number of likely N-dealkylation sites (tertiary alicyclic amines) is 1. The van der Waals surface area contributed by atoms with Gasteiger partial charge in [0.15, 0.2) is 0 Å². The normalized spacial score (nSPS) is 16.8. The maximum Gasteiger partial charge on any atom is 0.223 e. The Kier molecular flexibility index (Phi) is 5.59. The number of rotatable bonds is 6. The highest BCUT2D eigenvalue weighted by Gasteiger charge is 2.29. The van der Waals surface area contributed by atoms with E-state index in [1.165, 1.54) is 0 Å². The molecule has 1 aliphatic rings. The minimum atomic E-state index is 0.133. The summed E-state index contributed by atoms with van der Waals surface area (Å²) in [5.41, 5.74) is 2.25. The van der Waals surface area contributed by atoms with E-state index in [2.05, 4.69) is 0 Å². The SMILES string of the molecule is CCOc1ccc(CCC(=O)N2CCC[C@@H]2c2ccc(O)cc2)cc1. The maximum atomic E-state index is 12.7. The van der Waals surface area contributed by atoms with Crippen LogP contribution in [0.3, 0.4) is 0 Å². The summed E-state index contributed by atoms with van der Waals surface area (Å²) in [6, 6.07) is 15.3. The van der Waals surface area contributed by atoms with Crippen molar-refractivity contribution < 1.29 is 14.6 Å². The van der Waals surface area contributed by atoms with Gasteiger partial charge in [0.25, 0.3) is 0 Å². The van der Waals surface area contributed by atoms with E-state index < -0.39 is 0 Å². The van der Waals surface area contributed by atoms with Crippen LogP contribution in [0.25, 0.3) is 0 Å². The lowest BCUT2D eigenvalue weighted by Gasteiger charge is -2.25. The number of aromatic hydroxyl groups is 1. The third kappa shape index (κ3) is 4.32. The average molecular weight is 339 g/mol. The molecule has 4 heteroatoms. The smallest absolute Gasteiger partial charge is 0.223 e. The van der Waals surface area contributed by atoms with Gasteiger partial charge in [-0.05, 0) is 61.6 Å². The summed E-state index contributed by atoms with van der Waals surface area (Å²) in [7, 11) is 0. The highest BCUT2D eigenvalue weighted by atomic mass is 16.5. The summed E-state index contributed by atoms with van der Waals surface area (Å²) in [6.45, 7) is 3.44. The first-order valence-corrected chi connectivity index (χ1v) is 8.97. The fourth-order valence-electron chi connectivity index (χ4n) is 3.42. The van der Waals surface area contributed by atoms with E-state index in [-0.39, 0.29) is 17.7 Å². The van der Waals surface area contributed by atoms with E-state index in [0.29, 0.717) is 13.0 Å². The lowest BCUT2D eigenvalue weighted by molar-refractivity contribution is -0.132. The van der Waals surface area contributed by atoms with Gasteiger partial charge in [-0.2, -0.15) is 0 Å². The predicted molar refractivity (Wildman–Crippen MR) is 97.7 cm³/mol. The molecule has 1 amide bonds. The maximum absolute atomic E-state index is 12.7. The second kappa shape index (κ2) is 8.06.